The number of ether oxygens (including phenoxy) is 2. The van der Waals surface area contributed by atoms with Crippen LogP contribution in [0.3, 0.4) is 0 Å². The van der Waals surface area contributed by atoms with Crippen molar-refractivity contribution in [3.8, 4) is 23.0 Å². The first-order valence-electron chi connectivity index (χ1n) is 10.9. The summed E-state index contributed by atoms with van der Waals surface area (Å²) in [4.78, 5) is 13.4. The Balaban J connectivity index is 1.51. The monoisotopic (exact) mass is 442 g/mol. The normalized spacial score (nSPS) is 13.1. The number of benzene rings is 1. The summed E-state index contributed by atoms with van der Waals surface area (Å²) in [6.45, 7) is 2.80. The minimum Gasteiger partial charge on any atom is -0.497 e. The van der Waals surface area contributed by atoms with Gasteiger partial charge in [0, 0.05) is 35.3 Å². The third-order valence-corrected chi connectivity index (χ3v) is 5.82. The third kappa shape index (κ3) is 4.37. The molecule has 33 heavy (non-hydrogen) atoms. The molecule has 0 saturated heterocycles. The Labute approximate surface area is 192 Å². The molecule has 5 rings (SSSR count). The van der Waals surface area contributed by atoms with Crippen molar-refractivity contribution in [2.75, 3.05) is 19.5 Å². The molecule has 8 nitrogen and oxygen atoms in total. The summed E-state index contributed by atoms with van der Waals surface area (Å²) in [5.74, 6) is 3.11. The predicted molar refractivity (Wildman–Crippen MR) is 126 cm³/mol. The summed E-state index contributed by atoms with van der Waals surface area (Å²) in [7, 11) is 3.28. The lowest BCUT2D eigenvalue weighted by Crippen LogP contribution is -2.06. The molecule has 168 valence electrons. The van der Waals surface area contributed by atoms with Crippen molar-refractivity contribution in [2.45, 2.75) is 32.2 Å². The van der Waals surface area contributed by atoms with Gasteiger partial charge in [0.05, 0.1) is 27.0 Å². The van der Waals surface area contributed by atoms with Crippen molar-refractivity contribution in [3.05, 3.63) is 71.8 Å². The third-order valence-electron chi connectivity index (χ3n) is 5.82. The Morgan fingerprint density at radius 1 is 1.03 bits per heavy atom. The number of aromatic nitrogens is 5. The largest absolute Gasteiger partial charge is 0.497 e. The maximum absolute atomic E-state index is 5.47. The zero-order chi connectivity index (χ0) is 22.8. The van der Waals surface area contributed by atoms with Crippen LogP contribution in [0.1, 0.15) is 35.6 Å². The number of methoxy groups -OCH3 is 2. The van der Waals surface area contributed by atoms with Crippen molar-refractivity contribution in [2.24, 2.45) is 0 Å². The van der Waals surface area contributed by atoms with Gasteiger partial charge in [0.25, 0.3) is 0 Å². The topological polar surface area (TPSA) is 87.0 Å². The first-order chi connectivity index (χ1) is 16.2. The predicted octanol–water partition coefficient (Wildman–Crippen LogP) is 4.73. The van der Waals surface area contributed by atoms with E-state index in [2.05, 4.69) is 39.0 Å². The highest BCUT2D eigenvalue weighted by molar-refractivity contribution is 5.66. The molecule has 0 unspecified atom stereocenters. The van der Waals surface area contributed by atoms with Gasteiger partial charge in [0.2, 0.25) is 0 Å². The molecule has 4 aromatic rings. The standard InChI is InChI=1S/C25H26N6O2/c1-16-22(25-27-14-21(33-3)24(29-25)28-19-10-12-26-13-11-19)30-31(23(16)18-6-7-18)15-17-4-8-20(32-2)9-5-17/h4-5,8-14,18H,6-7,15H2,1-3H3,(H,26,27,28,29). The van der Waals surface area contributed by atoms with E-state index in [1.807, 2.05) is 24.3 Å². The Kier molecular flexibility index (Phi) is 5.64. The van der Waals surface area contributed by atoms with E-state index in [1.54, 1.807) is 32.8 Å². The van der Waals surface area contributed by atoms with Gasteiger partial charge in [-0.2, -0.15) is 5.10 Å². The van der Waals surface area contributed by atoms with Gasteiger partial charge >= 0.3 is 0 Å². The van der Waals surface area contributed by atoms with E-state index in [4.69, 9.17) is 19.6 Å². The highest BCUT2D eigenvalue weighted by Gasteiger charge is 2.32. The lowest BCUT2D eigenvalue weighted by atomic mass is 10.1. The van der Waals surface area contributed by atoms with Gasteiger partial charge in [-0.15, -0.1) is 0 Å². The molecule has 1 N–H and O–H groups in total. The van der Waals surface area contributed by atoms with E-state index in [1.165, 1.54) is 24.1 Å². The van der Waals surface area contributed by atoms with E-state index >= 15 is 0 Å². The second kappa shape index (κ2) is 8.90. The maximum atomic E-state index is 5.47. The van der Waals surface area contributed by atoms with Crippen LogP contribution in [0, 0.1) is 6.92 Å². The first kappa shape index (κ1) is 20.9. The molecule has 1 aliphatic rings. The van der Waals surface area contributed by atoms with Gasteiger partial charge < -0.3 is 14.8 Å². The summed E-state index contributed by atoms with van der Waals surface area (Å²) < 4.78 is 12.9. The highest BCUT2D eigenvalue weighted by Crippen LogP contribution is 2.43. The fourth-order valence-corrected chi connectivity index (χ4v) is 3.97. The van der Waals surface area contributed by atoms with Crippen LogP contribution >= 0.6 is 0 Å². The average molecular weight is 443 g/mol. The van der Waals surface area contributed by atoms with Gasteiger partial charge in [0.1, 0.15) is 11.4 Å². The van der Waals surface area contributed by atoms with Gasteiger partial charge in [-0.1, -0.05) is 12.1 Å². The van der Waals surface area contributed by atoms with Crippen LogP contribution in [0.4, 0.5) is 11.5 Å². The van der Waals surface area contributed by atoms with E-state index in [0.29, 0.717) is 29.9 Å². The maximum Gasteiger partial charge on any atom is 0.182 e. The molecule has 3 heterocycles. The zero-order valence-corrected chi connectivity index (χ0v) is 18.9. The van der Waals surface area contributed by atoms with E-state index < -0.39 is 0 Å². The Hall–Kier alpha value is -3.94. The second-order valence-electron chi connectivity index (χ2n) is 8.11. The van der Waals surface area contributed by atoms with Crippen molar-refractivity contribution in [1.82, 2.24) is 24.7 Å². The minimum absolute atomic E-state index is 0.539. The van der Waals surface area contributed by atoms with Crippen LogP contribution in [0.5, 0.6) is 11.5 Å². The minimum atomic E-state index is 0.539. The van der Waals surface area contributed by atoms with Crippen LogP contribution in [0.2, 0.25) is 0 Å². The Morgan fingerprint density at radius 3 is 2.45 bits per heavy atom. The number of pyridine rings is 1. The quantitative estimate of drug-likeness (QED) is 0.422. The van der Waals surface area contributed by atoms with Crippen LogP contribution in [-0.4, -0.2) is 39.0 Å². The van der Waals surface area contributed by atoms with Crippen molar-refractivity contribution >= 4 is 11.5 Å². The number of hydrogen-bond donors (Lipinski definition) is 1. The number of anilines is 2. The van der Waals surface area contributed by atoms with E-state index in [9.17, 15) is 0 Å². The number of nitrogens with zero attached hydrogens (tertiary/aromatic N) is 5. The first-order valence-corrected chi connectivity index (χ1v) is 10.9. The lowest BCUT2D eigenvalue weighted by Gasteiger charge is -2.10. The summed E-state index contributed by atoms with van der Waals surface area (Å²) >= 11 is 0. The van der Waals surface area contributed by atoms with Crippen molar-refractivity contribution in [3.63, 3.8) is 0 Å². The van der Waals surface area contributed by atoms with Gasteiger partial charge in [0.15, 0.2) is 17.4 Å². The molecule has 3 aromatic heterocycles. The van der Waals surface area contributed by atoms with Gasteiger partial charge in [-0.3, -0.25) is 9.67 Å². The number of hydrogen-bond acceptors (Lipinski definition) is 7. The molecule has 0 aliphatic heterocycles. The molecule has 0 spiro atoms. The molecule has 1 saturated carbocycles. The molecule has 1 aromatic carbocycles. The molecule has 0 atom stereocenters. The molecule has 1 aliphatic carbocycles. The summed E-state index contributed by atoms with van der Waals surface area (Å²) in [5, 5.41) is 8.26. The molecule has 1 fully saturated rings. The van der Waals surface area contributed by atoms with Gasteiger partial charge in [-0.25, -0.2) is 9.97 Å². The molecule has 0 amide bonds. The second-order valence-corrected chi connectivity index (χ2v) is 8.11. The van der Waals surface area contributed by atoms with Crippen LogP contribution in [0.25, 0.3) is 11.5 Å². The number of nitrogens with one attached hydrogen (secondary N) is 1. The SMILES string of the molecule is COc1ccc(Cn2nc(-c3ncc(OC)c(Nc4ccncc4)n3)c(C)c2C2CC2)cc1. The van der Waals surface area contributed by atoms with Crippen molar-refractivity contribution < 1.29 is 9.47 Å². The summed E-state index contributed by atoms with van der Waals surface area (Å²) in [6, 6.07) is 11.9. The van der Waals surface area contributed by atoms with Crippen LogP contribution < -0.4 is 14.8 Å². The summed E-state index contributed by atoms with van der Waals surface area (Å²) in [5.41, 5.74) is 5.23. The molecular formula is C25H26N6O2. The fraction of sp³-hybridized carbons (Fsp3) is 0.280. The van der Waals surface area contributed by atoms with Gasteiger partial charge in [-0.05, 0) is 49.6 Å². The Morgan fingerprint density at radius 2 is 1.79 bits per heavy atom. The highest BCUT2D eigenvalue weighted by atomic mass is 16.5. The van der Waals surface area contributed by atoms with Crippen LogP contribution in [0.15, 0.2) is 55.0 Å². The smallest absolute Gasteiger partial charge is 0.182 e. The summed E-state index contributed by atoms with van der Waals surface area (Å²) in [6.07, 6.45) is 7.51. The van der Waals surface area contributed by atoms with Crippen molar-refractivity contribution in [1.29, 1.82) is 0 Å². The van der Waals surface area contributed by atoms with E-state index in [0.717, 1.165) is 22.7 Å². The van der Waals surface area contributed by atoms with Crippen LogP contribution in [-0.2, 0) is 6.54 Å². The lowest BCUT2D eigenvalue weighted by molar-refractivity contribution is 0.413. The average Bonchev–Trinajstić information content (AvgIpc) is 3.63. The molecular weight excluding hydrogens is 416 g/mol. The Bertz CT molecular complexity index is 1250. The van der Waals surface area contributed by atoms with E-state index in [-0.39, 0.29) is 0 Å². The number of rotatable bonds is 8. The molecule has 0 radical (unpaired) electrons. The molecule has 0 bridgehead atoms. The molecule has 8 heteroatoms. The fourth-order valence-electron chi connectivity index (χ4n) is 3.97. The zero-order valence-electron chi connectivity index (χ0n) is 18.9.